The van der Waals surface area contributed by atoms with Crippen LogP contribution in [-0.2, 0) is 28.5 Å². The van der Waals surface area contributed by atoms with Crippen LogP contribution in [0.2, 0.25) is 0 Å². The molecule has 0 radical (unpaired) electrons. The fourth-order valence-electron chi connectivity index (χ4n) is 3.65. The van der Waals surface area contributed by atoms with Crippen LogP contribution >= 0.6 is 0 Å². The van der Waals surface area contributed by atoms with Gasteiger partial charge in [0.15, 0.2) is 5.78 Å². The summed E-state index contributed by atoms with van der Waals surface area (Å²) in [7, 11) is 3.78. The number of carbonyl (C=O) groups excluding carboxylic acids is 3. The molecule has 2 atom stereocenters. The first-order chi connectivity index (χ1) is 11.2. The summed E-state index contributed by atoms with van der Waals surface area (Å²) in [5, 5.41) is 0. The van der Waals surface area contributed by atoms with Gasteiger partial charge in [0, 0.05) is 36.9 Å². The third-order valence-electron chi connectivity index (χ3n) is 5.59. The highest BCUT2D eigenvalue weighted by molar-refractivity contribution is 6.54. The van der Waals surface area contributed by atoms with E-state index in [0.29, 0.717) is 11.1 Å². The van der Waals surface area contributed by atoms with Gasteiger partial charge in [0.05, 0.1) is 0 Å². The van der Waals surface area contributed by atoms with Crippen LogP contribution in [0, 0.1) is 27.7 Å². The Hall–Kier alpha value is -2.43. The molecule has 3 rings (SSSR count). The molecule has 1 aliphatic rings. The summed E-state index contributed by atoms with van der Waals surface area (Å²) >= 11 is 0. The van der Waals surface area contributed by atoms with Crippen LogP contribution in [0.4, 0.5) is 0 Å². The molecule has 0 spiro atoms. The minimum atomic E-state index is -0.970. The molecule has 1 fully saturated rings. The molecule has 2 aromatic heterocycles. The Morgan fingerprint density at radius 1 is 0.708 bits per heavy atom. The van der Waals surface area contributed by atoms with Gasteiger partial charge in [-0.05, 0) is 51.0 Å². The van der Waals surface area contributed by atoms with E-state index in [9.17, 15) is 14.4 Å². The van der Waals surface area contributed by atoms with Crippen LogP contribution < -0.4 is 0 Å². The van der Waals surface area contributed by atoms with E-state index in [-0.39, 0.29) is 5.78 Å². The molecule has 0 aromatic carbocycles. The molecule has 5 heteroatoms. The fourth-order valence-corrected chi connectivity index (χ4v) is 3.65. The van der Waals surface area contributed by atoms with Gasteiger partial charge in [-0.1, -0.05) is 0 Å². The topological polar surface area (TPSA) is 61.1 Å². The number of aryl methyl sites for hydroxylation is 2. The van der Waals surface area contributed by atoms with Crippen LogP contribution in [0.25, 0.3) is 0 Å². The lowest BCUT2D eigenvalue weighted by Crippen LogP contribution is -2.15. The second-order valence-electron chi connectivity index (χ2n) is 6.77. The predicted molar refractivity (Wildman–Crippen MR) is 90.3 cm³/mol. The summed E-state index contributed by atoms with van der Waals surface area (Å²) in [6.45, 7) is 7.59. The van der Waals surface area contributed by atoms with Crippen LogP contribution in [0.5, 0.6) is 0 Å². The quantitative estimate of drug-likeness (QED) is 0.628. The monoisotopic (exact) mass is 326 g/mol. The molecule has 0 bridgehead atoms. The Morgan fingerprint density at radius 2 is 1.04 bits per heavy atom. The lowest BCUT2D eigenvalue weighted by Gasteiger charge is -2.09. The normalized spacial score (nSPS) is 21.2. The Balaban J connectivity index is 2.12. The SMILES string of the molecule is Cc1cc(C2C(=O)C(=O)C(c3cc(C)n(C)c3C)C2=O)c(C)n1C. The third-order valence-corrected chi connectivity index (χ3v) is 5.59. The van der Waals surface area contributed by atoms with E-state index in [1.54, 1.807) is 0 Å². The van der Waals surface area contributed by atoms with Gasteiger partial charge in [-0.25, -0.2) is 0 Å². The zero-order valence-electron chi connectivity index (χ0n) is 14.9. The molecule has 126 valence electrons. The van der Waals surface area contributed by atoms with Crippen molar-refractivity contribution in [3.63, 3.8) is 0 Å². The van der Waals surface area contributed by atoms with Crippen LogP contribution in [0.15, 0.2) is 12.1 Å². The Morgan fingerprint density at radius 3 is 1.29 bits per heavy atom. The Labute approximate surface area is 141 Å². The van der Waals surface area contributed by atoms with Crippen LogP contribution in [-0.4, -0.2) is 26.5 Å². The summed E-state index contributed by atoms with van der Waals surface area (Å²) in [5.41, 5.74) is 4.95. The molecule has 2 aromatic rings. The number of hydrogen-bond acceptors (Lipinski definition) is 3. The number of aromatic nitrogens is 2. The Kier molecular flexibility index (Phi) is 3.62. The van der Waals surface area contributed by atoms with Gasteiger partial charge >= 0.3 is 0 Å². The van der Waals surface area contributed by atoms with Crippen molar-refractivity contribution in [3.05, 3.63) is 46.0 Å². The van der Waals surface area contributed by atoms with Gasteiger partial charge in [-0.2, -0.15) is 0 Å². The van der Waals surface area contributed by atoms with Crippen molar-refractivity contribution in [2.24, 2.45) is 14.1 Å². The molecular weight excluding hydrogens is 304 g/mol. The highest BCUT2D eigenvalue weighted by Crippen LogP contribution is 2.39. The number of Topliss-reactive ketones (excluding diaryl/α,β-unsaturated/α-hetero) is 3. The standard InChI is InChI=1S/C19H22N2O3/c1-9-7-13(11(3)20(9)5)15-17(22)16(19(24)18(15)23)14-8-10(2)21(6)12(14)4/h7-8,15-16H,1-6H3. The maximum atomic E-state index is 13.0. The summed E-state index contributed by atoms with van der Waals surface area (Å²) < 4.78 is 3.87. The molecular formula is C19H22N2O3. The van der Waals surface area contributed by atoms with Crippen molar-refractivity contribution in [1.29, 1.82) is 0 Å². The van der Waals surface area contributed by atoms with Crippen molar-refractivity contribution in [3.8, 4) is 0 Å². The second kappa shape index (κ2) is 5.30. The largest absolute Gasteiger partial charge is 0.352 e. The van der Waals surface area contributed by atoms with Crippen LogP contribution in [0.1, 0.15) is 45.7 Å². The van der Waals surface area contributed by atoms with Gasteiger partial charge in [0.2, 0.25) is 11.6 Å². The molecule has 2 unspecified atom stereocenters. The lowest BCUT2D eigenvalue weighted by molar-refractivity contribution is -0.135. The molecule has 0 aliphatic heterocycles. The lowest BCUT2D eigenvalue weighted by atomic mass is 9.91. The minimum absolute atomic E-state index is 0.299. The van der Waals surface area contributed by atoms with Crippen molar-refractivity contribution < 1.29 is 14.4 Å². The zero-order valence-corrected chi connectivity index (χ0v) is 14.9. The van der Waals surface area contributed by atoms with E-state index >= 15 is 0 Å². The maximum Gasteiger partial charge on any atom is 0.214 e. The summed E-state index contributed by atoms with van der Waals surface area (Å²) in [6.07, 6.45) is 0. The third kappa shape index (κ3) is 2.04. The van der Waals surface area contributed by atoms with E-state index in [1.807, 2.05) is 63.1 Å². The first-order valence-electron chi connectivity index (χ1n) is 8.04. The van der Waals surface area contributed by atoms with E-state index in [2.05, 4.69) is 0 Å². The highest BCUT2D eigenvalue weighted by atomic mass is 16.2. The van der Waals surface area contributed by atoms with E-state index in [0.717, 1.165) is 22.8 Å². The number of rotatable bonds is 2. The first-order valence-corrected chi connectivity index (χ1v) is 8.04. The van der Waals surface area contributed by atoms with Gasteiger partial charge < -0.3 is 9.13 Å². The van der Waals surface area contributed by atoms with E-state index < -0.39 is 23.4 Å². The van der Waals surface area contributed by atoms with Crippen molar-refractivity contribution in [2.45, 2.75) is 39.5 Å². The highest BCUT2D eigenvalue weighted by Gasteiger charge is 2.51. The average molecular weight is 326 g/mol. The molecule has 0 amide bonds. The van der Waals surface area contributed by atoms with Crippen molar-refractivity contribution in [1.82, 2.24) is 9.13 Å². The number of hydrogen-bond donors (Lipinski definition) is 0. The first kappa shape index (κ1) is 16.4. The average Bonchev–Trinajstić information content (AvgIpc) is 3.02. The fraction of sp³-hybridized carbons (Fsp3) is 0.421. The van der Waals surface area contributed by atoms with Gasteiger partial charge in [-0.15, -0.1) is 0 Å². The summed E-state index contributed by atoms with van der Waals surface area (Å²) in [6, 6.07) is 3.68. The number of ketones is 3. The molecule has 1 aliphatic carbocycles. The van der Waals surface area contributed by atoms with E-state index in [1.165, 1.54) is 0 Å². The van der Waals surface area contributed by atoms with Gasteiger partial charge in [-0.3, -0.25) is 14.4 Å². The number of carbonyl (C=O) groups is 3. The molecule has 24 heavy (non-hydrogen) atoms. The van der Waals surface area contributed by atoms with E-state index in [4.69, 9.17) is 0 Å². The number of nitrogens with zero attached hydrogens (tertiary/aromatic N) is 2. The van der Waals surface area contributed by atoms with Gasteiger partial charge in [0.25, 0.3) is 0 Å². The van der Waals surface area contributed by atoms with Crippen molar-refractivity contribution >= 4 is 17.3 Å². The molecule has 2 heterocycles. The second-order valence-corrected chi connectivity index (χ2v) is 6.77. The maximum absolute atomic E-state index is 13.0. The Bertz CT molecular complexity index is 826. The van der Waals surface area contributed by atoms with Crippen molar-refractivity contribution in [2.75, 3.05) is 0 Å². The molecule has 1 saturated carbocycles. The molecule has 0 saturated heterocycles. The molecule has 5 nitrogen and oxygen atoms in total. The molecule has 0 N–H and O–H groups in total. The van der Waals surface area contributed by atoms with Crippen LogP contribution in [0.3, 0.4) is 0 Å². The summed E-state index contributed by atoms with van der Waals surface area (Å²) in [5.74, 6) is -3.41. The smallest absolute Gasteiger partial charge is 0.214 e. The minimum Gasteiger partial charge on any atom is -0.352 e. The van der Waals surface area contributed by atoms with Gasteiger partial charge in [0.1, 0.15) is 11.8 Å². The zero-order chi connectivity index (χ0) is 17.9. The predicted octanol–water partition coefficient (Wildman–Crippen LogP) is 2.19. The summed E-state index contributed by atoms with van der Waals surface area (Å²) in [4.78, 5) is 38.2.